The first-order valence-electron chi connectivity index (χ1n) is 9.33. The van der Waals surface area contributed by atoms with Gasteiger partial charge in [-0.1, -0.05) is 64.0 Å². The number of rotatable bonds is 14. The van der Waals surface area contributed by atoms with Crippen molar-refractivity contribution in [2.45, 2.75) is 77.6 Å². The highest BCUT2D eigenvalue weighted by atomic mass is 16.5. The van der Waals surface area contributed by atoms with Gasteiger partial charge in [0.25, 0.3) is 0 Å². The smallest absolute Gasteiger partial charge is 0.160 e. The van der Waals surface area contributed by atoms with E-state index in [0.29, 0.717) is 0 Å². The second kappa shape index (κ2) is 13.2. The molecule has 1 aromatic rings. The lowest BCUT2D eigenvalue weighted by Gasteiger charge is -2.07. The first-order valence-corrected chi connectivity index (χ1v) is 9.33. The Kier molecular flexibility index (Phi) is 11.4. The van der Waals surface area contributed by atoms with Gasteiger partial charge in [0, 0.05) is 13.2 Å². The average molecular weight is 322 g/mol. The van der Waals surface area contributed by atoms with Gasteiger partial charge < -0.3 is 14.9 Å². The zero-order valence-corrected chi connectivity index (χ0v) is 14.7. The van der Waals surface area contributed by atoms with Gasteiger partial charge in [-0.15, -0.1) is 0 Å². The average Bonchev–Trinajstić information content (AvgIpc) is 2.55. The first kappa shape index (κ1) is 19.8. The molecule has 0 saturated carbocycles. The van der Waals surface area contributed by atoms with Crippen LogP contribution in [0.5, 0.6) is 11.5 Å². The zero-order chi connectivity index (χ0) is 16.8. The fraction of sp³-hybridized carbons (Fsp3) is 0.700. The Labute approximate surface area is 141 Å². The quantitative estimate of drug-likeness (QED) is 0.347. The van der Waals surface area contributed by atoms with Gasteiger partial charge in [0.1, 0.15) is 0 Å². The lowest BCUT2D eigenvalue weighted by molar-refractivity contribution is 0.126. The summed E-state index contributed by atoms with van der Waals surface area (Å²) in [6.45, 7) is 3.91. The minimum atomic E-state index is -0.0338. The number of hydrogen-bond acceptors (Lipinski definition) is 3. The molecule has 0 aromatic heterocycles. The van der Waals surface area contributed by atoms with Crippen LogP contribution in [-0.4, -0.2) is 23.4 Å². The number of phenols is 2. The minimum Gasteiger partial charge on any atom is -0.504 e. The minimum absolute atomic E-state index is 0.0207. The second-order valence-electron chi connectivity index (χ2n) is 6.33. The highest BCUT2D eigenvalue weighted by Gasteiger charge is 2.04. The molecule has 0 aliphatic heterocycles. The van der Waals surface area contributed by atoms with E-state index in [1.165, 1.54) is 57.4 Å². The predicted molar refractivity (Wildman–Crippen MR) is 96.1 cm³/mol. The van der Waals surface area contributed by atoms with Gasteiger partial charge in [0.15, 0.2) is 11.5 Å². The molecular weight excluding hydrogens is 288 g/mol. The summed E-state index contributed by atoms with van der Waals surface area (Å²) in [5, 5.41) is 19.1. The van der Waals surface area contributed by atoms with E-state index >= 15 is 0 Å². The molecule has 0 unspecified atom stereocenters. The third-order valence-corrected chi connectivity index (χ3v) is 4.23. The highest BCUT2D eigenvalue weighted by molar-refractivity contribution is 5.44. The summed E-state index contributed by atoms with van der Waals surface area (Å²) in [7, 11) is 0. The SMILES string of the molecule is CCCCCCCCCCOCCCCc1cccc(O)c1O. The molecule has 0 atom stereocenters. The molecule has 0 bridgehead atoms. The van der Waals surface area contributed by atoms with Gasteiger partial charge in [0.05, 0.1) is 0 Å². The maximum absolute atomic E-state index is 9.71. The van der Waals surface area contributed by atoms with Crippen molar-refractivity contribution in [1.29, 1.82) is 0 Å². The number of ether oxygens (including phenoxy) is 1. The molecule has 23 heavy (non-hydrogen) atoms. The third kappa shape index (κ3) is 9.50. The summed E-state index contributed by atoms with van der Waals surface area (Å²) in [5.41, 5.74) is 0.813. The Morgan fingerprint density at radius 1 is 0.783 bits per heavy atom. The zero-order valence-electron chi connectivity index (χ0n) is 14.7. The van der Waals surface area contributed by atoms with Crippen LogP contribution in [0.25, 0.3) is 0 Å². The van der Waals surface area contributed by atoms with Crippen molar-refractivity contribution in [3.63, 3.8) is 0 Å². The Balaban J connectivity index is 1.87. The van der Waals surface area contributed by atoms with Gasteiger partial charge in [-0.3, -0.25) is 0 Å². The van der Waals surface area contributed by atoms with E-state index in [-0.39, 0.29) is 11.5 Å². The van der Waals surface area contributed by atoms with E-state index in [4.69, 9.17) is 4.74 Å². The maximum Gasteiger partial charge on any atom is 0.160 e. The van der Waals surface area contributed by atoms with Crippen LogP contribution in [0.15, 0.2) is 18.2 Å². The van der Waals surface area contributed by atoms with Crippen molar-refractivity contribution < 1.29 is 14.9 Å². The largest absolute Gasteiger partial charge is 0.504 e. The summed E-state index contributed by atoms with van der Waals surface area (Å²) in [5.74, 6) is -0.0131. The molecule has 0 aliphatic carbocycles. The first-order chi connectivity index (χ1) is 11.3. The third-order valence-electron chi connectivity index (χ3n) is 4.23. The number of aromatic hydroxyl groups is 2. The summed E-state index contributed by atoms with van der Waals surface area (Å²) in [6.07, 6.45) is 13.4. The van der Waals surface area contributed by atoms with Crippen molar-refractivity contribution in [3.05, 3.63) is 23.8 Å². The Morgan fingerprint density at radius 3 is 2.09 bits per heavy atom. The molecule has 2 N–H and O–H groups in total. The molecule has 0 heterocycles. The summed E-state index contributed by atoms with van der Waals surface area (Å²) < 4.78 is 5.66. The fourth-order valence-corrected chi connectivity index (χ4v) is 2.74. The number of benzene rings is 1. The topological polar surface area (TPSA) is 49.7 Å². The maximum atomic E-state index is 9.71. The van der Waals surface area contributed by atoms with Crippen molar-refractivity contribution in [2.24, 2.45) is 0 Å². The van der Waals surface area contributed by atoms with E-state index < -0.39 is 0 Å². The summed E-state index contributed by atoms with van der Waals surface area (Å²) in [6, 6.07) is 5.13. The number of para-hydroxylation sites is 1. The van der Waals surface area contributed by atoms with Crippen LogP contribution in [0.3, 0.4) is 0 Å². The van der Waals surface area contributed by atoms with Gasteiger partial charge in [-0.05, 0) is 37.3 Å². The molecule has 0 radical (unpaired) electrons. The molecule has 0 spiro atoms. The van der Waals surface area contributed by atoms with Crippen LogP contribution in [-0.2, 0) is 11.2 Å². The van der Waals surface area contributed by atoms with Crippen LogP contribution < -0.4 is 0 Å². The Hall–Kier alpha value is -1.22. The lowest BCUT2D eigenvalue weighted by Crippen LogP contribution is -1.98. The number of hydrogen-bond donors (Lipinski definition) is 2. The molecule has 0 saturated heterocycles. The van der Waals surface area contributed by atoms with Gasteiger partial charge >= 0.3 is 0 Å². The highest BCUT2D eigenvalue weighted by Crippen LogP contribution is 2.29. The summed E-state index contributed by atoms with van der Waals surface area (Å²) in [4.78, 5) is 0. The van der Waals surface area contributed by atoms with Crippen molar-refractivity contribution in [2.75, 3.05) is 13.2 Å². The van der Waals surface area contributed by atoms with Gasteiger partial charge in [-0.2, -0.15) is 0 Å². The number of unbranched alkanes of at least 4 members (excludes halogenated alkanes) is 8. The lowest BCUT2D eigenvalue weighted by atomic mass is 10.1. The van der Waals surface area contributed by atoms with Crippen molar-refractivity contribution in [1.82, 2.24) is 0 Å². The molecular formula is C20H34O3. The van der Waals surface area contributed by atoms with E-state index in [0.717, 1.165) is 38.0 Å². The van der Waals surface area contributed by atoms with Crippen molar-refractivity contribution >= 4 is 0 Å². The fourth-order valence-electron chi connectivity index (χ4n) is 2.74. The predicted octanol–water partition coefficient (Wildman–Crippen LogP) is 5.58. The van der Waals surface area contributed by atoms with Crippen LogP contribution in [0, 0.1) is 0 Å². The molecule has 1 rings (SSSR count). The van der Waals surface area contributed by atoms with E-state index in [1.54, 1.807) is 6.07 Å². The molecule has 0 amide bonds. The van der Waals surface area contributed by atoms with Gasteiger partial charge in [-0.25, -0.2) is 0 Å². The normalized spacial score (nSPS) is 11.0. The van der Waals surface area contributed by atoms with Crippen LogP contribution >= 0.6 is 0 Å². The van der Waals surface area contributed by atoms with Crippen LogP contribution in [0.1, 0.15) is 76.7 Å². The van der Waals surface area contributed by atoms with Crippen LogP contribution in [0.4, 0.5) is 0 Å². The van der Waals surface area contributed by atoms with E-state index in [1.807, 2.05) is 6.07 Å². The molecule has 3 nitrogen and oxygen atoms in total. The second-order valence-corrected chi connectivity index (χ2v) is 6.33. The van der Waals surface area contributed by atoms with Crippen molar-refractivity contribution in [3.8, 4) is 11.5 Å². The van der Waals surface area contributed by atoms with Crippen LogP contribution in [0.2, 0.25) is 0 Å². The molecule has 0 aliphatic rings. The number of aryl methyl sites for hydroxylation is 1. The monoisotopic (exact) mass is 322 g/mol. The van der Waals surface area contributed by atoms with E-state index in [2.05, 4.69) is 6.92 Å². The Morgan fingerprint density at radius 2 is 1.39 bits per heavy atom. The van der Waals surface area contributed by atoms with Gasteiger partial charge in [0.2, 0.25) is 0 Å². The standard InChI is InChI=1S/C20H34O3/c1-2-3-4-5-6-7-8-10-16-23-17-11-9-13-18-14-12-15-19(21)20(18)22/h12,14-15,21-22H,2-11,13,16-17H2,1H3. The number of phenolic OH excluding ortho intramolecular Hbond substituents is 2. The molecule has 132 valence electrons. The molecule has 0 fully saturated rings. The van der Waals surface area contributed by atoms with E-state index in [9.17, 15) is 10.2 Å². The summed E-state index contributed by atoms with van der Waals surface area (Å²) >= 11 is 0. The molecule has 3 heteroatoms. The Bertz CT molecular complexity index is 404. The molecule has 1 aromatic carbocycles.